The summed E-state index contributed by atoms with van der Waals surface area (Å²) in [6, 6.07) is 6.42. The van der Waals surface area contributed by atoms with Crippen molar-refractivity contribution in [2.75, 3.05) is 0 Å². The molecule has 4 aliphatic rings. The standard InChI is InChI=1S/C17H17NO5/c1-15(2)17(8-16(3,9-17)23-15)14(21)22-18-12(19)10-6-4-5-7-11(10)13(18)20/h4-7H,8-9H2,1-3H3. The number of rotatable bonds is 2. The molecule has 6 heteroatoms. The zero-order valence-electron chi connectivity index (χ0n) is 13.2. The van der Waals surface area contributed by atoms with Crippen LogP contribution in [0.1, 0.15) is 54.3 Å². The summed E-state index contributed by atoms with van der Waals surface area (Å²) in [6.45, 7) is 5.64. The molecule has 3 fully saturated rings. The number of carbonyl (C=O) groups excluding carboxylic acids is 3. The minimum atomic E-state index is -0.808. The van der Waals surface area contributed by atoms with Crippen LogP contribution in [0.2, 0.25) is 0 Å². The minimum absolute atomic E-state index is 0.253. The maximum atomic E-state index is 12.7. The van der Waals surface area contributed by atoms with Gasteiger partial charge < -0.3 is 9.57 Å². The first-order valence-corrected chi connectivity index (χ1v) is 7.60. The second-order valence-electron chi connectivity index (χ2n) is 7.33. The topological polar surface area (TPSA) is 72.9 Å². The fraction of sp³-hybridized carbons (Fsp3) is 0.471. The number of hydrogen-bond donors (Lipinski definition) is 0. The molecule has 1 aromatic rings. The predicted octanol–water partition coefficient (Wildman–Crippen LogP) is 2.09. The van der Waals surface area contributed by atoms with Gasteiger partial charge in [-0.25, -0.2) is 4.79 Å². The normalized spacial score (nSPS) is 33.4. The van der Waals surface area contributed by atoms with Crippen molar-refractivity contribution in [3.05, 3.63) is 35.4 Å². The van der Waals surface area contributed by atoms with Crippen molar-refractivity contribution in [2.24, 2.45) is 5.41 Å². The summed E-state index contributed by atoms with van der Waals surface area (Å²) in [5.41, 5.74) is -1.31. The molecular formula is C17H17NO5. The second kappa shape index (κ2) is 4.00. The van der Waals surface area contributed by atoms with Crippen molar-refractivity contribution in [1.82, 2.24) is 5.06 Å². The number of hydroxylamine groups is 2. The lowest BCUT2D eigenvalue weighted by Gasteiger charge is -2.42. The first-order valence-electron chi connectivity index (χ1n) is 7.60. The van der Waals surface area contributed by atoms with Gasteiger partial charge in [0.05, 0.1) is 22.3 Å². The lowest BCUT2D eigenvalue weighted by molar-refractivity contribution is -0.189. The molecule has 5 rings (SSSR count). The van der Waals surface area contributed by atoms with Crippen molar-refractivity contribution in [1.29, 1.82) is 0 Å². The number of nitrogens with zero attached hydrogens (tertiary/aromatic N) is 1. The van der Waals surface area contributed by atoms with Crippen LogP contribution in [0.4, 0.5) is 0 Å². The van der Waals surface area contributed by atoms with Crippen LogP contribution < -0.4 is 0 Å². The number of amides is 2. The summed E-state index contributed by atoms with van der Waals surface area (Å²) >= 11 is 0. The third-order valence-corrected chi connectivity index (χ3v) is 5.33. The summed E-state index contributed by atoms with van der Waals surface area (Å²) in [7, 11) is 0. The average Bonchev–Trinajstić information content (AvgIpc) is 2.91. The van der Waals surface area contributed by atoms with Gasteiger partial charge in [0.15, 0.2) is 0 Å². The molecule has 0 atom stereocenters. The van der Waals surface area contributed by atoms with Gasteiger partial charge in [0.2, 0.25) is 0 Å². The van der Waals surface area contributed by atoms with E-state index < -0.39 is 28.8 Å². The molecular weight excluding hydrogens is 298 g/mol. The van der Waals surface area contributed by atoms with E-state index in [4.69, 9.17) is 9.57 Å². The Balaban J connectivity index is 1.60. The summed E-state index contributed by atoms with van der Waals surface area (Å²) in [6.07, 6.45) is 1.07. The van der Waals surface area contributed by atoms with Gasteiger partial charge in [-0.3, -0.25) is 9.59 Å². The van der Waals surface area contributed by atoms with Gasteiger partial charge in [-0.05, 0) is 45.7 Å². The van der Waals surface area contributed by atoms with E-state index in [-0.39, 0.29) is 16.7 Å². The van der Waals surface area contributed by atoms with E-state index in [1.54, 1.807) is 24.3 Å². The molecule has 0 spiro atoms. The summed E-state index contributed by atoms with van der Waals surface area (Å²) in [4.78, 5) is 42.5. The molecule has 0 unspecified atom stereocenters. The lowest BCUT2D eigenvalue weighted by atomic mass is 9.57. The average molecular weight is 315 g/mol. The third-order valence-electron chi connectivity index (χ3n) is 5.33. The number of imide groups is 1. The highest BCUT2D eigenvalue weighted by Gasteiger charge is 2.74. The van der Waals surface area contributed by atoms with E-state index in [1.807, 2.05) is 20.8 Å². The van der Waals surface area contributed by atoms with E-state index in [0.29, 0.717) is 17.9 Å². The minimum Gasteiger partial charge on any atom is -0.368 e. The highest BCUT2D eigenvalue weighted by atomic mass is 16.7. The molecule has 2 saturated heterocycles. The number of fused-ring (bicyclic) bond motifs is 2. The van der Waals surface area contributed by atoms with Crippen molar-refractivity contribution in [3.8, 4) is 0 Å². The molecule has 3 aliphatic heterocycles. The Morgan fingerprint density at radius 1 is 1.09 bits per heavy atom. The van der Waals surface area contributed by atoms with Crippen LogP contribution in [0, 0.1) is 5.41 Å². The highest BCUT2D eigenvalue weighted by molar-refractivity contribution is 6.21. The van der Waals surface area contributed by atoms with Crippen molar-refractivity contribution < 1.29 is 24.0 Å². The van der Waals surface area contributed by atoms with Gasteiger partial charge in [-0.1, -0.05) is 17.2 Å². The number of hydrogen-bond acceptors (Lipinski definition) is 5. The van der Waals surface area contributed by atoms with Crippen molar-refractivity contribution >= 4 is 17.8 Å². The molecule has 2 amide bonds. The van der Waals surface area contributed by atoms with Gasteiger partial charge in [0.25, 0.3) is 11.8 Å². The van der Waals surface area contributed by atoms with Crippen LogP contribution in [0.3, 0.4) is 0 Å². The van der Waals surface area contributed by atoms with Crippen LogP contribution >= 0.6 is 0 Å². The van der Waals surface area contributed by atoms with Gasteiger partial charge in [0, 0.05) is 0 Å². The van der Waals surface area contributed by atoms with Gasteiger partial charge >= 0.3 is 5.97 Å². The first-order chi connectivity index (χ1) is 10.7. The van der Waals surface area contributed by atoms with Crippen LogP contribution in [0.5, 0.6) is 0 Å². The molecule has 23 heavy (non-hydrogen) atoms. The Bertz CT molecular complexity index is 725. The van der Waals surface area contributed by atoms with Crippen LogP contribution in [0.25, 0.3) is 0 Å². The zero-order valence-corrected chi connectivity index (χ0v) is 13.2. The van der Waals surface area contributed by atoms with Crippen molar-refractivity contribution in [3.63, 3.8) is 0 Å². The van der Waals surface area contributed by atoms with E-state index >= 15 is 0 Å². The van der Waals surface area contributed by atoms with Crippen LogP contribution in [-0.4, -0.2) is 34.0 Å². The maximum Gasteiger partial charge on any atom is 0.342 e. The highest BCUT2D eigenvalue weighted by Crippen LogP contribution is 2.66. The smallest absolute Gasteiger partial charge is 0.342 e. The fourth-order valence-electron chi connectivity index (χ4n) is 4.25. The SMILES string of the molecule is CC12CC(C(=O)ON3C(=O)c4ccccc4C3=O)(C1)C(C)(C)O2. The molecule has 1 aromatic carbocycles. The lowest BCUT2D eigenvalue weighted by Crippen LogP contribution is -2.54. The molecule has 0 N–H and O–H groups in total. The van der Waals surface area contributed by atoms with E-state index in [0.717, 1.165) is 0 Å². The van der Waals surface area contributed by atoms with Crippen LogP contribution in [-0.2, 0) is 14.4 Å². The zero-order chi connectivity index (χ0) is 16.6. The quantitative estimate of drug-likeness (QED) is 0.781. The Kier molecular flexibility index (Phi) is 2.50. The monoisotopic (exact) mass is 315 g/mol. The largest absolute Gasteiger partial charge is 0.368 e. The summed E-state index contributed by atoms with van der Waals surface area (Å²) in [5.74, 6) is -1.78. The molecule has 3 heterocycles. The molecule has 6 nitrogen and oxygen atoms in total. The number of carbonyl (C=O) groups is 3. The predicted molar refractivity (Wildman–Crippen MR) is 78.3 cm³/mol. The molecule has 1 aliphatic carbocycles. The number of ether oxygens (including phenoxy) is 1. The Labute approximate surface area is 133 Å². The maximum absolute atomic E-state index is 12.7. The van der Waals surface area contributed by atoms with E-state index in [2.05, 4.69) is 0 Å². The number of benzene rings is 1. The van der Waals surface area contributed by atoms with E-state index in [1.165, 1.54) is 0 Å². The Hall–Kier alpha value is -2.21. The Morgan fingerprint density at radius 3 is 2.04 bits per heavy atom. The molecule has 120 valence electrons. The Morgan fingerprint density at radius 2 is 1.61 bits per heavy atom. The summed E-state index contributed by atoms with van der Waals surface area (Å²) in [5, 5.41) is 0.575. The second-order valence-corrected chi connectivity index (χ2v) is 7.33. The third kappa shape index (κ3) is 1.64. The summed E-state index contributed by atoms with van der Waals surface area (Å²) < 4.78 is 5.93. The van der Waals surface area contributed by atoms with Gasteiger partial charge in [-0.2, -0.15) is 0 Å². The van der Waals surface area contributed by atoms with Crippen LogP contribution in [0.15, 0.2) is 24.3 Å². The molecule has 1 saturated carbocycles. The molecule has 0 aromatic heterocycles. The van der Waals surface area contributed by atoms with Gasteiger partial charge in [0.1, 0.15) is 5.41 Å². The molecule has 2 bridgehead atoms. The van der Waals surface area contributed by atoms with Gasteiger partial charge in [-0.15, -0.1) is 0 Å². The van der Waals surface area contributed by atoms with E-state index in [9.17, 15) is 14.4 Å². The first kappa shape index (κ1) is 14.4. The fourth-order valence-corrected chi connectivity index (χ4v) is 4.25. The van der Waals surface area contributed by atoms with Crippen molar-refractivity contribution in [2.45, 2.75) is 44.8 Å². The molecule has 0 radical (unpaired) electrons.